The van der Waals surface area contributed by atoms with Crippen molar-refractivity contribution in [1.29, 1.82) is 0 Å². The second kappa shape index (κ2) is 7.24. The summed E-state index contributed by atoms with van der Waals surface area (Å²) in [6, 6.07) is 11.2. The molecule has 1 aromatic carbocycles. The first kappa shape index (κ1) is 17.4. The topological polar surface area (TPSA) is 35.6 Å². The van der Waals surface area contributed by atoms with Crippen LogP contribution in [0.15, 0.2) is 30.3 Å². The van der Waals surface area contributed by atoms with Crippen molar-refractivity contribution in [1.82, 2.24) is 15.1 Å². The average molecular weight is 329 g/mol. The molecule has 2 aliphatic heterocycles. The summed E-state index contributed by atoms with van der Waals surface area (Å²) >= 11 is 0. The van der Waals surface area contributed by atoms with Crippen LogP contribution in [-0.4, -0.2) is 61.5 Å². The molecule has 1 atom stereocenters. The number of nitrogens with zero attached hydrogens (tertiary/aromatic N) is 2. The van der Waals surface area contributed by atoms with Gasteiger partial charge in [-0.3, -0.25) is 9.69 Å². The van der Waals surface area contributed by atoms with Gasteiger partial charge in [0.2, 0.25) is 5.91 Å². The summed E-state index contributed by atoms with van der Waals surface area (Å²) in [6.07, 6.45) is 2.28. The van der Waals surface area contributed by atoms with Crippen LogP contribution in [0.1, 0.15) is 38.2 Å². The molecule has 0 unspecified atom stereocenters. The molecule has 4 nitrogen and oxygen atoms in total. The second-order valence-electron chi connectivity index (χ2n) is 8.12. The van der Waals surface area contributed by atoms with Crippen LogP contribution in [0.2, 0.25) is 0 Å². The Morgan fingerprint density at radius 1 is 1.25 bits per heavy atom. The van der Waals surface area contributed by atoms with E-state index in [0.717, 1.165) is 39.0 Å². The first-order chi connectivity index (χ1) is 11.5. The van der Waals surface area contributed by atoms with Gasteiger partial charge in [-0.15, -0.1) is 0 Å². The van der Waals surface area contributed by atoms with Crippen LogP contribution in [0.3, 0.4) is 0 Å². The van der Waals surface area contributed by atoms with E-state index in [1.54, 1.807) is 0 Å². The lowest BCUT2D eigenvalue weighted by Gasteiger charge is -2.32. The van der Waals surface area contributed by atoms with Crippen LogP contribution in [0.4, 0.5) is 0 Å². The molecule has 0 aliphatic carbocycles. The number of likely N-dealkylation sites (tertiary alicyclic amines) is 1. The summed E-state index contributed by atoms with van der Waals surface area (Å²) in [5, 5.41) is 3.39. The summed E-state index contributed by atoms with van der Waals surface area (Å²) in [7, 11) is 2.10. The van der Waals surface area contributed by atoms with Gasteiger partial charge in [-0.1, -0.05) is 44.2 Å². The first-order valence-corrected chi connectivity index (χ1v) is 9.21. The molecule has 1 N–H and O–H groups in total. The molecule has 0 bridgehead atoms. The number of nitrogens with one attached hydrogen (secondary N) is 1. The van der Waals surface area contributed by atoms with Gasteiger partial charge in [-0.05, 0) is 44.0 Å². The molecular formula is C20H31N3O. The lowest BCUT2D eigenvalue weighted by Crippen LogP contribution is -2.46. The number of hydrogen-bond donors (Lipinski definition) is 1. The third kappa shape index (κ3) is 3.81. The normalized spacial score (nSPS) is 24.5. The molecule has 2 saturated heterocycles. The Labute approximate surface area is 146 Å². The van der Waals surface area contributed by atoms with Crippen molar-refractivity contribution in [2.75, 3.05) is 39.8 Å². The smallest absolute Gasteiger partial charge is 0.236 e. The van der Waals surface area contributed by atoms with Crippen LogP contribution in [-0.2, 0) is 4.79 Å². The molecule has 0 saturated carbocycles. The molecule has 1 aromatic rings. The van der Waals surface area contributed by atoms with E-state index in [0.29, 0.717) is 18.5 Å². The summed E-state index contributed by atoms with van der Waals surface area (Å²) in [5.74, 6) is 0.703. The van der Waals surface area contributed by atoms with E-state index < -0.39 is 0 Å². The predicted octanol–water partition coefficient (Wildman–Crippen LogP) is 2.32. The van der Waals surface area contributed by atoms with E-state index in [-0.39, 0.29) is 11.3 Å². The van der Waals surface area contributed by atoms with E-state index in [4.69, 9.17) is 0 Å². The van der Waals surface area contributed by atoms with Crippen molar-refractivity contribution in [2.45, 2.75) is 38.6 Å². The van der Waals surface area contributed by atoms with Gasteiger partial charge in [-0.2, -0.15) is 0 Å². The zero-order chi connectivity index (χ0) is 17.2. The summed E-state index contributed by atoms with van der Waals surface area (Å²) in [5.41, 5.74) is 1.48. The minimum atomic E-state index is 0.129. The number of carbonyl (C=O) groups is 1. The molecular weight excluding hydrogens is 298 g/mol. The van der Waals surface area contributed by atoms with E-state index in [1.165, 1.54) is 5.56 Å². The molecule has 24 heavy (non-hydrogen) atoms. The SMILES string of the molecule is CN(CC(=O)N1C[C@@H](c2ccccc2)C(C)(C)C1)C1CCNCC1. The number of rotatable bonds is 4. The highest BCUT2D eigenvalue weighted by Crippen LogP contribution is 2.42. The second-order valence-corrected chi connectivity index (χ2v) is 8.12. The standard InChI is InChI=1S/C20H31N3O/c1-20(2)15-23(13-18(20)16-7-5-4-6-8-16)19(24)14-22(3)17-9-11-21-12-10-17/h4-8,17-18,21H,9-15H2,1-3H3/t18-/m0/s1. The molecule has 2 heterocycles. The van der Waals surface area contributed by atoms with Crippen molar-refractivity contribution in [3.8, 4) is 0 Å². The highest BCUT2D eigenvalue weighted by atomic mass is 16.2. The van der Waals surface area contributed by atoms with E-state index in [9.17, 15) is 4.79 Å². The fourth-order valence-corrected chi connectivity index (χ4v) is 4.26. The van der Waals surface area contributed by atoms with Crippen molar-refractivity contribution in [3.05, 3.63) is 35.9 Å². The molecule has 1 amide bonds. The van der Waals surface area contributed by atoms with E-state index in [1.807, 2.05) is 0 Å². The van der Waals surface area contributed by atoms with Crippen molar-refractivity contribution in [3.63, 3.8) is 0 Å². The fourth-order valence-electron chi connectivity index (χ4n) is 4.26. The van der Waals surface area contributed by atoms with Gasteiger partial charge < -0.3 is 10.2 Å². The number of piperidine rings is 1. The number of carbonyl (C=O) groups excluding carboxylic acids is 1. The Morgan fingerprint density at radius 2 is 1.92 bits per heavy atom. The molecule has 132 valence electrons. The molecule has 2 fully saturated rings. The largest absolute Gasteiger partial charge is 0.340 e. The number of hydrogen-bond acceptors (Lipinski definition) is 3. The number of benzene rings is 1. The van der Waals surface area contributed by atoms with Crippen LogP contribution in [0.25, 0.3) is 0 Å². The van der Waals surface area contributed by atoms with Gasteiger partial charge in [0.05, 0.1) is 6.54 Å². The maximum absolute atomic E-state index is 12.8. The molecule has 3 rings (SSSR count). The highest BCUT2D eigenvalue weighted by Gasteiger charge is 2.42. The minimum absolute atomic E-state index is 0.129. The Balaban J connectivity index is 1.62. The quantitative estimate of drug-likeness (QED) is 0.921. The van der Waals surface area contributed by atoms with Crippen molar-refractivity contribution in [2.24, 2.45) is 5.41 Å². The van der Waals surface area contributed by atoms with E-state index in [2.05, 4.69) is 66.3 Å². The van der Waals surface area contributed by atoms with Crippen LogP contribution in [0.5, 0.6) is 0 Å². The van der Waals surface area contributed by atoms with E-state index >= 15 is 0 Å². The average Bonchev–Trinajstić information content (AvgIpc) is 2.92. The van der Waals surface area contributed by atoms with Gasteiger partial charge in [-0.25, -0.2) is 0 Å². The Hall–Kier alpha value is -1.39. The van der Waals surface area contributed by atoms with Crippen molar-refractivity contribution >= 4 is 5.91 Å². The van der Waals surface area contributed by atoms with Crippen LogP contribution >= 0.6 is 0 Å². The lowest BCUT2D eigenvalue weighted by molar-refractivity contribution is -0.132. The lowest BCUT2D eigenvalue weighted by atomic mass is 9.78. The van der Waals surface area contributed by atoms with Gasteiger partial charge in [0.25, 0.3) is 0 Å². The zero-order valence-corrected chi connectivity index (χ0v) is 15.3. The maximum Gasteiger partial charge on any atom is 0.236 e. The number of likely N-dealkylation sites (N-methyl/N-ethyl adjacent to an activating group) is 1. The van der Waals surface area contributed by atoms with Crippen LogP contribution < -0.4 is 5.32 Å². The Bertz CT molecular complexity index is 551. The first-order valence-electron chi connectivity index (χ1n) is 9.21. The van der Waals surface area contributed by atoms with Gasteiger partial charge in [0.1, 0.15) is 0 Å². The van der Waals surface area contributed by atoms with Gasteiger partial charge >= 0.3 is 0 Å². The van der Waals surface area contributed by atoms with Gasteiger partial charge in [0.15, 0.2) is 0 Å². The summed E-state index contributed by atoms with van der Waals surface area (Å²) in [6.45, 7) is 8.94. The monoisotopic (exact) mass is 329 g/mol. The minimum Gasteiger partial charge on any atom is -0.340 e. The number of amides is 1. The Kier molecular flexibility index (Phi) is 5.26. The summed E-state index contributed by atoms with van der Waals surface area (Å²) in [4.78, 5) is 17.2. The predicted molar refractivity (Wildman–Crippen MR) is 98.1 cm³/mol. The third-order valence-electron chi connectivity index (χ3n) is 5.82. The van der Waals surface area contributed by atoms with Crippen LogP contribution in [0, 0.1) is 5.41 Å². The third-order valence-corrected chi connectivity index (χ3v) is 5.82. The Morgan fingerprint density at radius 3 is 2.58 bits per heavy atom. The fraction of sp³-hybridized carbons (Fsp3) is 0.650. The molecule has 0 aromatic heterocycles. The molecule has 0 spiro atoms. The highest BCUT2D eigenvalue weighted by molar-refractivity contribution is 5.79. The van der Waals surface area contributed by atoms with Crippen molar-refractivity contribution < 1.29 is 4.79 Å². The summed E-state index contributed by atoms with van der Waals surface area (Å²) < 4.78 is 0. The molecule has 4 heteroatoms. The molecule has 0 radical (unpaired) electrons. The van der Waals surface area contributed by atoms with Gasteiger partial charge in [0, 0.05) is 25.0 Å². The zero-order valence-electron chi connectivity index (χ0n) is 15.3. The molecule has 2 aliphatic rings. The maximum atomic E-state index is 12.8.